The zero-order valence-electron chi connectivity index (χ0n) is 16.4. The number of guanidine groups is 1. The van der Waals surface area contributed by atoms with Crippen molar-refractivity contribution in [1.29, 1.82) is 0 Å². The molecule has 0 radical (unpaired) electrons. The van der Waals surface area contributed by atoms with E-state index in [0.717, 1.165) is 6.54 Å². The van der Waals surface area contributed by atoms with Crippen LogP contribution < -0.4 is 10.6 Å². The highest BCUT2D eigenvalue weighted by molar-refractivity contribution is 5.86. The quantitative estimate of drug-likeness (QED) is 0.619. The first-order chi connectivity index (χ1) is 12.4. The molecule has 0 fully saturated rings. The Morgan fingerprint density at radius 3 is 2.42 bits per heavy atom. The van der Waals surface area contributed by atoms with Gasteiger partial charge in [-0.2, -0.15) is 0 Å². The smallest absolute Gasteiger partial charge is 0.243 e. The van der Waals surface area contributed by atoms with E-state index in [2.05, 4.69) is 66.7 Å². The molecule has 0 aliphatic rings. The number of amides is 1. The molecule has 0 bridgehead atoms. The van der Waals surface area contributed by atoms with Gasteiger partial charge in [-0.25, -0.2) is 4.99 Å². The van der Waals surface area contributed by atoms with E-state index in [4.69, 9.17) is 0 Å². The molecule has 0 saturated heterocycles. The average Bonchev–Trinajstić information content (AvgIpc) is 2.62. The third-order valence-corrected chi connectivity index (χ3v) is 4.18. The second-order valence-electron chi connectivity index (χ2n) is 7.20. The van der Waals surface area contributed by atoms with Crippen LogP contribution in [0.1, 0.15) is 32.4 Å². The number of hydrogen-bond acceptors (Lipinski definition) is 2. The maximum absolute atomic E-state index is 11.9. The summed E-state index contributed by atoms with van der Waals surface area (Å²) in [5, 5.41) is 9.18. The molecule has 5 heteroatoms. The van der Waals surface area contributed by atoms with E-state index >= 15 is 0 Å². The SMILES string of the molecule is CC(C)CNC(=NCC(=O)N(C)C)NC(C)c1ccc2ccccc2c1. The highest BCUT2D eigenvalue weighted by Crippen LogP contribution is 2.20. The zero-order valence-corrected chi connectivity index (χ0v) is 16.4. The monoisotopic (exact) mass is 354 g/mol. The van der Waals surface area contributed by atoms with E-state index < -0.39 is 0 Å². The van der Waals surface area contributed by atoms with Crippen molar-refractivity contribution >= 4 is 22.6 Å². The minimum absolute atomic E-state index is 0.0194. The van der Waals surface area contributed by atoms with Crippen molar-refractivity contribution in [3.05, 3.63) is 48.0 Å². The van der Waals surface area contributed by atoms with E-state index in [1.807, 2.05) is 12.1 Å². The number of aliphatic imine (C=N–C) groups is 1. The van der Waals surface area contributed by atoms with Crippen LogP contribution in [0.15, 0.2) is 47.5 Å². The lowest BCUT2D eigenvalue weighted by molar-refractivity contribution is -0.127. The third-order valence-electron chi connectivity index (χ3n) is 4.18. The summed E-state index contributed by atoms with van der Waals surface area (Å²) in [6.45, 7) is 7.31. The predicted molar refractivity (Wildman–Crippen MR) is 109 cm³/mol. The molecule has 5 nitrogen and oxygen atoms in total. The van der Waals surface area contributed by atoms with Gasteiger partial charge in [-0.1, -0.05) is 50.2 Å². The summed E-state index contributed by atoms with van der Waals surface area (Å²) in [6.07, 6.45) is 0. The molecule has 0 heterocycles. The Kier molecular flexibility index (Phi) is 7.01. The summed E-state index contributed by atoms with van der Waals surface area (Å²) >= 11 is 0. The average molecular weight is 354 g/mol. The standard InChI is InChI=1S/C21H30N4O/c1-15(2)13-22-21(23-14-20(26)25(4)5)24-16(3)18-11-10-17-8-6-7-9-19(17)12-18/h6-12,15-16H,13-14H2,1-5H3,(H2,22,23,24). The number of hydrogen-bond donors (Lipinski definition) is 2. The van der Waals surface area contributed by atoms with E-state index in [-0.39, 0.29) is 18.5 Å². The molecule has 1 atom stereocenters. The van der Waals surface area contributed by atoms with Crippen LogP contribution in [0.25, 0.3) is 10.8 Å². The van der Waals surface area contributed by atoms with E-state index in [1.165, 1.54) is 16.3 Å². The van der Waals surface area contributed by atoms with E-state index in [0.29, 0.717) is 11.9 Å². The molecule has 2 aromatic carbocycles. The highest BCUT2D eigenvalue weighted by Gasteiger charge is 2.10. The van der Waals surface area contributed by atoms with Gasteiger partial charge in [0.15, 0.2) is 5.96 Å². The molecular formula is C21H30N4O. The minimum Gasteiger partial charge on any atom is -0.356 e. The Labute approximate surface area is 156 Å². The van der Waals surface area contributed by atoms with Crippen molar-refractivity contribution in [1.82, 2.24) is 15.5 Å². The van der Waals surface area contributed by atoms with Gasteiger partial charge in [0.1, 0.15) is 6.54 Å². The van der Waals surface area contributed by atoms with Crippen LogP contribution in [-0.2, 0) is 4.79 Å². The lowest BCUT2D eigenvalue weighted by Gasteiger charge is -2.20. The summed E-state index contributed by atoms with van der Waals surface area (Å²) < 4.78 is 0. The summed E-state index contributed by atoms with van der Waals surface area (Å²) in [6, 6.07) is 14.9. The predicted octanol–water partition coefficient (Wildman–Crippen LogP) is 3.18. The van der Waals surface area contributed by atoms with Crippen molar-refractivity contribution in [2.24, 2.45) is 10.9 Å². The Balaban J connectivity index is 2.13. The van der Waals surface area contributed by atoms with Crippen LogP contribution in [0.5, 0.6) is 0 Å². The number of rotatable bonds is 6. The molecule has 1 unspecified atom stereocenters. The second-order valence-corrected chi connectivity index (χ2v) is 7.20. The number of fused-ring (bicyclic) bond motifs is 1. The van der Waals surface area contributed by atoms with Crippen molar-refractivity contribution in [3.63, 3.8) is 0 Å². The zero-order chi connectivity index (χ0) is 19.1. The summed E-state index contributed by atoms with van der Waals surface area (Å²) in [4.78, 5) is 17.9. The van der Waals surface area contributed by atoms with Gasteiger partial charge in [-0.15, -0.1) is 0 Å². The number of benzene rings is 2. The Morgan fingerprint density at radius 2 is 1.77 bits per heavy atom. The topological polar surface area (TPSA) is 56.7 Å². The van der Waals surface area contributed by atoms with Gasteiger partial charge in [0.2, 0.25) is 5.91 Å². The first kappa shape index (κ1) is 19.8. The number of nitrogens with zero attached hydrogens (tertiary/aromatic N) is 2. The van der Waals surface area contributed by atoms with Crippen LogP contribution >= 0.6 is 0 Å². The molecule has 2 rings (SSSR count). The summed E-state index contributed by atoms with van der Waals surface area (Å²) in [5.74, 6) is 1.13. The summed E-state index contributed by atoms with van der Waals surface area (Å²) in [5.41, 5.74) is 1.18. The van der Waals surface area contributed by atoms with Crippen LogP contribution in [0.2, 0.25) is 0 Å². The lowest BCUT2D eigenvalue weighted by atomic mass is 10.0. The molecule has 0 aromatic heterocycles. The molecule has 0 spiro atoms. The first-order valence-electron chi connectivity index (χ1n) is 9.10. The molecule has 0 aliphatic carbocycles. The van der Waals surface area contributed by atoms with Crippen LogP contribution in [0, 0.1) is 5.92 Å². The maximum atomic E-state index is 11.9. The molecule has 0 saturated carbocycles. The van der Waals surface area contributed by atoms with Crippen LogP contribution in [-0.4, -0.2) is 44.0 Å². The van der Waals surface area contributed by atoms with Crippen LogP contribution in [0.4, 0.5) is 0 Å². The molecular weight excluding hydrogens is 324 g/mol. The van der Waals surface area contributed by atoms with E-state index in [9.17, 15) is 4.79 Å². The Morgan fingerprint density at radius 1 is 1.08 bits per heavy atom. The maximum Gasteiger partial charge on any atom is 0.243 e. The number of nitrogens with one attached hydrogen (secondary N) is 2. The van der Waals surface area contributed by atoms with Gasteiger partial charge in [0.25, 0.3) is 0 Å². The third kappa shape index (κ3) is 5.76. The minimum atomic E-state index is -0.0194. The van der Waals surface area contributed by atoms with Gasteiger partial charge < -0.3 is 15.5 Å². The fraction of sp³-hybridized carbons (Fsp3) is 0.429. The fourth-order valence-electron chi connectivity index (χ4n) is 2.51. The fourth-order valence-corrected chi connectivity index (χ4v) is 2.51. The van der Waals surface area contributed by atoms with Gasteiger partial charge >= 0.3 is 0 Å². The van der Waals surface area contributed by atoms with Gasteiger partial charge in [0.05, 0.1) is 6.04 Å². The van der Waals surface area contributed by atoms with Crippen molar-refractivity contribution in [2.45, 2.75) is 26.8 Å². The van der Waals surface area contributed by atoms with E-state index in [1.54, 1.807) is 19.0 Å². The van der Waals surface area contributed by atoms with Crippen molar-refractivity contribution < 1.29 is 4.79 Å². The van der Waals surface area contributed by atoms with Crippen LogP contribution in [0.3, 0.4) is 0 Å². The Bertz CT molecular complexity index is 767. The van der Waals surface area contributed by atoms with Gasteiger partial charge in [-0.05, 0) is 35.2 Å². The lowest BCUT2D eigenvalue weighted by Crippen LogP contribution is -2.41. The highest BCUT2D eigenvalue weighted by atomic mass is 16.2. The normalized spacial score (nSPS) is 12.9. The van der Waals surface area contributed by atoms with Gasteiger partial charge in [0, 0.05) is 20.6 Å². The molecule has 1 amide bonds. The van der Waals surface area contributed by atoms with Gasteiger partial charge in [-0.3, -0.25) is 4.79 Å². The van der Waals surface area contributed by atoms with Crippen molar-refractivity contribution in [3.8, 4) is 0 Å². The molecule has 2 N–H and O–H groups in total. The number of carbonyl (C=O) groups is 1. The number of likely N-dealkylation sites (N-methyl/N-ethyl adjacent to an activating group) is 1. The molecule has 2 aromatic rings. The summed E-state index contributed by atoms with van der Waals surface area (Å²) in [7, 11) is 3.48. The Hall–Kier alpha value is -2.56. The second kappa shape index (κ2) is 9.22. The molecule has 0 aliphatic heterocycles. The van der Waals surface area contributed by atoms with Crippen molar-refractivity contribution in [2.75, 3.05) is 27.2 Å². The molecule has 26 heavy (non-hydrogen) atoms. The first-order valence-corrected chi connectivity index (χ1v) is 9.10. The molecule has 140 valence electrons. The largest absolute Gasteiger partial charge is 0.356 e. The number of carbonyl (C=O) groups excluding carboxylic acids is 1.